The first kappa shape index (κ1) is 17.7. The number of hydrogen-bond acceptors (Lipinski definition) is 2. The van der Waals surface area contributed by atoms with Crippen LogP contribution in [-0.2, 0) is 4.74 Å². The highest BCUT2D eigenvalue weighted by Crippen LogP contribution is 3.06. The maximum absolute atomic E-state index is 6.08. The summed E-state index contributed by atoms with van der Waals surface area (Å²) in [6.45, 7) is 10.9. The fraction of sp³-hybridized carbons (Fsp3) is 0.917. The van der Waals surface area contributed by atoms with Crippen molar-refractivity contribution < 1.29 is 4.74 Å². The summed E-state index contributed by atoms with van der Waals surface area (Å²) in [6, 6.07) is 0.640. The summed E-state index contributed by atoms with van der Waals surface area (Å²) in [5, 5.41) is 3.66. The van der Waals surface area contributed by atoms with E-state index in [1.807, 2.05) is 7.11 Å². The summed E-state index contributed by atoms with van der Waals surface area (Å²) >= 11 is 0. The second-order valence-corrected chi connectivity index (χ2v) is 10.5. The summed E-state index contributed by atoms with van der Waals surface area (Å²) in [5.74, 6) is 8.79. The zero-order chi connectivity index (χ0) is 18.2. The lowest BCUT2D eigenvalue weighted by molar-refractivity contribution is 0.0367. The summed E-state index contributed by atoms with van der Waals surface area (Å²) in [5.41, 5.74) is 0.801. The Labute approximate surface area is 160 Å². The van der Waals surface area contributed by atoms with Crippen LogP contribution in [0.3, 0.4) is 0 Å². The number of fused-ring (bicyclic) bond motifs is 1. The van der Waals surface area contributed by atoms with Crippen LogP contribution in [0.4, 0.5) is 0 Å². The molecule has 5 rings (SSSR count). The van der Waals surface area contributed by atoms with Crippen molar-refractivity contribution in [2.75, 3.05) is 13.7 Å². The molecule has 0 saturated heterocycles. The van der Waals surface area contributed by atoms with Crippen LogP contribution >= 0.6 is 0 Å². The molecular weight excluding hydrogens is 318 g/mol. The molecule has 0 bridgehead atoms. The van der Waals surface area contributed by atoms with Gasteiger partial charge in [0.1, 0.15) is 0 Å². The van der Waals surface area contributed by atoms with Crippen molar-refractivity contribution in [3.8, 4) is 0 Å². The third-order valence-electron chi connectivity index (χ3n) is 9.58. The number of methoxy groups -OCH3 is 1. The topological polar surface area (TPSA) is 21.3 Å². The number of rotatable bonds is 12. The van der Waals surface area contributed by atoms with E-state index in [0.29, 0.717) is 12.1 Å². The summed E-state index contributed by atoms with van der Waals surface area (Å²) in [6.07, 6.45) is 10.5. The van der Waals surface area contributed by atoms with Crippen LogP contribution in [0.25, 0.3) is 0 Å². The van der Waals surface area contributed by atoms with Crippen LogP contribution in [0.2, 0.25) is 0 Å². The van der Waals surface area contributed by atoms with Gasteiger partial charge in [0.25, 0.3) is 0 Å². The van der Waals surface area contributed by atoms with Crippen LogP contribution in [0, 0.1) is 58.7 Å². The highest BCUT2D eigenvalue weighted by molar-refractivity contribution is 5.51. The van der Waals surface area contributed by atoms with Crippen molar-refractivity contribution in [2.45, 2.75) is 65.5 Å². The first-order chi connectivity index (χ1) is 12.6. The van der Waals surface area contributed by atoms with E-state index in [2.05, 4.69) is 45.2 Å². The van der Waals surface area contributed by atoms with Gasteiger partial charge in [-0.25, -0.2) is 0 Å². The monoisotopic (exact) mass is 357 g/mol. The lowest BCUT2D eigenvalue weighted by Gasteiger charge is -2.30. The predicted molar refractivity (Wildman–Crippen MR) is 107 cm³/mol. The largest absolute Gasteiger partial charge is 0.381 e. The second-order valence-electron chi connectivity index (χ2n) is 10.5. The van der Waals surface area contributed by atoms with Gasteiger partial charge in [-0.2, -0.15) is 0 Å². The molecule has 5 aliphatic rings. The minimum atomic E-state index is 0.541. The minimum absolute atomic E-state index is 0.541. The lowest BCUT2D eigenvalue weighted by Crippen LogP contribution is -2.26. The first-order valence-electron chi connectivity index (χ1n) is 11.5. The summed E-state index contributed by atoms with van der Waals surface area (Å²) < 4.78 is 6.08. The molecule has 10 unspecified atom stereocenters. The Morgan fingerprint density at radius 1 is 1.12 bits per heavy atom. The maximum atomic E-state index is 6.08. The van der Waals surface area contributed by atoms with Crippen molar-refractivity contribution in [3.63, 3.8) is 0 Å². The van der Waals surface area contributed by atoms with E-state index >= 15 is 0 Å². The molecular formula is C24H39NO. The van der Waals surface area contributed by atoms with Gasteiger partial charge in [-0.3, -0.25) is 0 Å². The zero-order valence-electron chi connectivity index (χ0n) is 17.4. The van der Waals surface area contributed by atoms with Gasteiger partial charge in [-0.1, -0.05) is 52.7 Å². The van der Waals surface area contributed by atoms with Gasteiger partial charge in [-0.05, 0) is 78.1 Å². The van der Waals surface area contributed by atoms with E-state index in [9.17, 15) is 0 Å². The van der Waals surface area contributed by atoms with Crippen molar-refractivity contribution in [1.29, 1.82) is 0 Å². The predicted octanol–water partition coefficient (Wildman–Crippen LogP) is 4.76. The molecule has 0 radical (unpaired) electrons. The van der Waals surface area contributed by atoms with E-state index in [-0.39, 0.29) is 0 Å². The fourth-order valence-corrected chi connectivity index (χ4v) is 7.41. The van der Waals surface area contributed by atoms with Gasteiger partial charge in [0.15, 0.2) is 0 Å². The van der Waals surface area contributed by atoms with Crippen molar-refractivity contribution >= 4 is 0 Å². The molecule has 0 aliphatic heterocycles. The Hall–Kier alpha value is -0.340. The van der Waals surface area contributed by atoms with Gasteiger partial charge in [-0.15, -0.1) is 0 Å². The third-order valence-corrected chi connectivity index (χ3v) is 9.58. The van der Waals surface area contributed by atoms with Gasteiger partial charge >= 0.3 is 0 Å². The molecule has 0 amide bonds. The first-order valence-corrected chi connectivity index (χ1v) is 11.5. The molecule has 2 nitrogen and oxygen atoms in total. The van der Waals surface area contributed by atoms with Crippen LogP contribution in [0.15, 0.2) is 12.2 Å². The molecule has 2 heteroatoms. The van der Waals surface area contributed by atoms with Gasteiger partial charge < -0.3 is 10.1 Å². The second kappa shape index (κ2) is 6.08. The highest BCUT2D eigenvalue weighted by atomic mass is 16.5. The van der Waals surface area contributed by atoms with Crippen molar-refractivity contribution in [2.24, 2.45) is 58.7 Å². The Morgan fingerprint density at radius 3 is 2.46 bits per heavy atom. The lowest BCUT2D eigenvalue weighted by atomic mass is 9.78. The van der Waals surface area contributed by atoms with Crippen molar-refractivity contribution in [3.05, 3.63) is 12.2 Å². The molecule has 0 aromatic carbocycles. The molecule has 0 heterocycles. The van der Waals surface area contributed by atoms with Crippen LogP contribution in [-0.4, -0.2) is 25.8 Å². The normalized spacial score (nSPS) is 47.2. The fourth-order valence-electron chi connectivity index (χ4n) is 7.41. The molecule has 26 heavy (non-hydrogen) atoms. The van der Waals surface area contributed by atoms with Crippen LogP contribution in [0.5, 0.6) is 0 Å². The van der Waals surface area contributed by atoms with E-state index in [4.69, 9.17) is 4.74 Å². The number of nitrogens with one attached hydrogen (secondary N) is 1. The average molecular weight is 358 g/mol. The Bertz CT molecular complexity index is 577. The molecule has 1 spiro atoms. The Morgan fingerprint density at radius 2 is 1.85 bits per heavy atom. The third kappa shape index (κ3) is 2.50. The Kier molecular flexibility index (Phi) is 4.15. The summed E-state index contributed by atoms with van der Waals surface area (Å²) in [7, 11) is 1.98. The SMILES string of the molecule is CCC(CC)C(C)C(C)CC(OC)C1C2C3C(C4CC4CNC4C=C4)C123. The molecule has 1 N–H and O–H groups in total. The average Bonchev–Trinajstić information content (AvgIpc) is 3.45. The van der Waals surface area contributed by atoms with Gasteiger partial charge in [0.2, 0.25) is 0 Å². The Balaban J connectivity index is 1.10. The van der Waals surface area contributed by atoms with E-state index < -0.39 is 0 Å². The van der Waals surface area contributed by atoms with E-state index in [1.54, 1.807) is 0 Å². The number of hydrogen-bond donors (Lipinski definition) is 1. The molecule has 0 aromatic heterocycles. The van der Waals surface area contributed by atoms with Crippen LogP contribution in [0.1, 0.15) is 53.4 Å². The molecule has 0 aromatic rings. The maximum Gasteiger partial charge on any atom is 0.0610 e. The van der Waals surface area contributed by atoms with Crippen LogP contribution < -0.4 is 5.32 Å². The van der Waals surface area contributed by atoms with E-state index in [0.717, 1.165) is 58.7 Å². The minimum Gasteiger partial charge on any atom is -0.381 e. The molecule has 10 atom stereocenters. The molecule has 146 valence electrons. The van der Waals surface area contributed by atoms with Gasteiger partial charge in [0, 0.05) is 13.2 Å². The smallest absolute Gasteiger partial charge is 0.0610 e. The zero-order valence-corrected chi connectivity index (χ0v) is 17.4. The summed E-state index contributed by atoms with van der Waals surface area (Å²) in [4.78, 5) is 0. The van der Waals surface area contributed by atoms with E-state index in [1.165, 1.54) is 32.2 Å². The van der Waals surface area contributed by atoms with Crippen molar-refractivity contribution in [1.82, 2.24) is 5.32 Å². The molecule has 4 saturated carbocycles. The quantitative estimate of drug-likeness (QED) is 0.509. The number of ether oxygens (including phenoxy) is 1. The highest BCUT2D eigenvalue weighted by Gasteiger charge is 3.05. The van der Waals surface area contributed by atoms with Gasteiger partial charge in [0.05, 0.1) is 6.10 Å². The standard InChI is InChI=1S/C24H39NO/c1-6-15(7-2)14(4)13(3)10-19(26-5)21-23-22-20(24(21,22)23)18-11-16(18)12-25-17-8-9-17/h8-9,13-23,25H,6-7,10-12H2,1-5H3. The molecule has 4 fully saturated rings. The molecule has 5 aliphatic carbocycles.